The Hall–Kier alpha value is -3.22. The van der Waals surface area contributed by atoms with Crippen LogP contribution in [-0.2, 0) is 4.74 Å². The highest BCUT2D eigenvalue weighted by molar-refractivity contribution is 5.91. The lowest BCUT2D eigenvalue weighted by molar-refractivity contribution is 0.0494. The van der Waals surface area contributed by atoms with Crippen molar-refractivity contribution < 1.29 is 9.53 Å². The van der Waals surface area contributed by atoms with Gasteiger partial charge >= 0.3 is 6.09 Å². The van der Waals surface area contributed by atoms with Crippen molar-refractivity contribution >= 4 is 22.8 Å². The van der Waals surface area contributed by atoms with Crippen LogP contribution in [0.3, 0.4) is 0 Å². The van der Waals surface area contributed by atoms with Gasteiger partial charge in [-0.25, -0.2) is 14.8 Å². The van der Waals surface area contributed by atoms with Crippen molar-refractivity contribution in [2.45, 2.75) is 58.2 Å². The molecule has 0 saturated carbocycles. The Balaban J connectivity index is 1.58. The largest absolute Gasteiger partial charge is 0.444 e. The molecule has 1 aliphatic rings. The lowest BCUT2D eigenvalue weighted by Crippen LogP contribution is -2.50. The van der Waals surface area contributed by atoms with Crippen LogP contribution in [-0.4, -0.2) is 45.3 Å². The zero-order valence-electron chi connectivity index (χ0n) is 18.5. The minimum Gasteiger partial charge on any atom is -0.444 e. The highest BCUT2D eigenvalue weighted by Gasteiger charge is 2.30. The highest BCUT2D eigenvalue weighted by Crippen LogP contribution is 2.31. The van der Waals surface area contributed by atoms with E-state index in [9.17, 15) is 4.79 Å². The van der Waals surface area contributed by atoms with Crippen molar-refractivity contribution in [3.05, 3.63) is 48.8 Å². The van der Waals surface area contributed by atoms with Gasteiger partial charge in [-0.1, -0.05) is 12.1 Å². The standard InChI is InChI=1S/C24H29N5O2/c1-16-15-18(26-23(30)31-24(2,3)4)11-14-29(16)22-19-7-5-6-8-20(19)27-21(28-22)17-9-12-25-13-10-17/h5-10,12-13,16,18H,11,14-15H2,1-4H3,(H,26,30). The van der Waals surface area contributed by atoms with Crippen LogP contribution in [0.15, 0.2) is 48.8 Å². The summed E-state index contributed by atoms with van der Waals surface area (Å²) in [7, 11) is 0. The van der Waals surface area contributed by atoms with Crippen LogP contribution in [0, 0.1) is 0 Å². The van der Waals surface area contributed by atoms with Gasteiger partial charge < -0.3 is 15.0 Å². The minimum atomic E-state index is -0.500. The number of nitrogens with zero attached hydrogens (tertiary/aromatic N) is 4. The predicted octanol–water partition coefficient (Wildman–Crippen LogP) is 4.57. The fraction of sp³-hybridized carbons (Fsp3) is 0.417. The first-order valence-corrected chi connectivity index (χ1v) is 10.7. The summed E-state index contributed by atoms with van der Waals surface area (Å²) in [6, 6.07) is 12.2. The number of carbonyl (C=O) groups excluding carboxylic acids is 1. The van der Waals surface area contributed by atoms with E-state index in [-0.39, 0.29) is 18.2 Å². The average Bonchev–Trinajstić information content (AvgIpc) is 2.72. The number of alkyl carbamates (subject to hydrolysis) is 1. The average molecular weight is 420 g/mol. The third kappa shape index (κ3) is 4.93. The molecule has 1 aromatic carbocycles. The van der Waals surface area contributed by atoms with Gasteiger partial charge in [-0.2, -0.15) is 0 Å². The van der Waals surface area contributed by atoms with Gasteiger partial charge in [0.1, 0.15) is 11.4 Å². The number of fused-ring (bicyclic) bond motifs is 1. The summed E-state index contributed by atoms with van der Waals surface area (Å²) in [6.07, 6.45) is 4.80. The molecule has 1 N–H and O–H groups in total. The number of rotatable bonds is 3. The third-order valence-corrected chi connectivity index (χ3v) is 5.39. The van der Waals surface area contributed by atoms with E-state index in [1.165, 1.54) is 0 Å². The zero-order chi connectivity index (χ0) is 22.0. The number of hydrogen-bond acceptors (Lipinski definition) is 6. The number of hydrogen-bond donors (Lipinski definition) is 1. The molecule has 2 aromatic heterocycles. The lowest BCUT2D eigenvalue weighted by atomic mass is 9.98. The van der Waals surface area contributed by atoms with E-state index in [2.05, 4.69) is 28.2 Å². The molecule has 7 nitrogen and oxygen atoms in total. The Morgan fingerprint density at radius 3 is 2.58 bits per heavy atom. The number of anilines is 1. The van der Waals surface area contributed by atoms with E-state index in [1.54, 1.807) is 12.4 Å². The van der Waals surface area contributed by atoms with Crippen LogP contribution in [0.1, 0.15) is 40.5 Å². The van der Waals surface area contributed by atoms with Gasteiger partial charge in [0.25, 0.3) is 0 Å². The van der Waals surface area contributed by atoms with Crippen molar-refractivity contribution in [1.82, 2.24) is 20.3 Å². The van der Waals surface area contributed by atoms with Crippen LogP contribution in [0.5, 0.6) is 0 Å². The smallest absolute Gasteiger partial charge is 0.407 e. The summed E-state index contributed by atoms with van der Waals surface area (Å²) >= 11 is 0. The van der Waals surface area contributed by atoms with Crippen LogP contribution >= 0.6 is 0 Å². The third-order valence-electron chi connectivity index (χ3n) is 5.39. The molecular formula is C24H29N5O2. The van der Waals surface area contributed by atoms with Gasteiger partial charge in [0.05, 0.1) is 5.52 Å². The molecule has 0 bridgehead atoms. The number of para-hydroxylation sites is 1. The molecule has 0 spiro atoms. The number of nitrogens with one attached hydrogen (secondary N) is 1. The van der Waals surface area contributed by atoms with Crippen molar-refractivity contribution in [3.63, 3.8) is 0 Å². The second-order valence-electron chi connectivity index (χ2n) is 9.03. The summed E-state index contributed by atoms with van der Waals surface area (Å²) in [5.74, 6) is 1.62. The number of carbonyl (C=O) groups is 1. The van der Waals surface area contributed by atoms with Crippen molar-refractivity contribution in [1.29, 1.82) is 0 Å². The highest BCUT2D eigenvalue weighted by atomic mass is 16.6. The topological polar surface area (TPSA) is 80.2 Å². The first-order chi connectivity index (χ1) is 14.8. The van der Waals surface area contributed by atoms with Crippen molar-refractivity contribution in [3.8, 4) is 11.4 Å². The van der Waals surface area contributed by atoms with Crippen LogP contribution in [0.25, 0.3) is 22.3 Å². The number of benzene rings is 1. The maximum atomic E-state index is 12.2. The fourth-order valence-corrected chi connectivity index (χ4v) is 4.00. The predicted molar refractivity (Wildman–Crippen MR) is 122 cm³/mol. The second-order valence-corrected chi connectivity index (χ2v) is 9.03. The molecule has 31 heavy (non-hydrogen) atoms. The van der Waals surface area contributed by atoms with Crippen molar-refractivity contribution in [2.75, 3.05) is 11.4 Å². The first kappa shape index (κ1) is 21.0. The van der Waals surface area contributed by atoms with Gasteiger partial charge in [-0.3, -0.25) is 4.98 Å². The molecule has 4 rings (SSSR count). The molecule has 1 fully saturated rings. The Morgan fingerprint density at radius 1 is 1.13 bits per heavy atom. The Labute approximate surface area is 182 Å². The second kappa shape index (κ2) is 8.49. The SMILES string of the molecule is CC1CC(NC(=O)OC(C)(C)C)CCN1c1nc(-c2ccncc2)nc2ccccc12. The number of pyridine rings is 1. The Morgan fingerprint density at radius 2 is 1.87 bits per heavy atom. The summed E-state index contributed by atoms with van der Waals surface area (Å²) in [4.78, 5) is 28.3. The Kier molecular flexibility index (Phi) is 5.76. The van der Waals surface area contributed by atoms with Gasteiger partial charge in [-0.15, -0.1) is 0 Å². The zero-order valence-corrected chi connectivity index (χ0v) is 18.5. The lowest BCUT2D eigenvalue weighted by Gasteiger charge is -2.39. The molecule has 7 heteroatoms. The number of ether oxygens (including phenoxy) is 1. The normalized spacial score (nSPS) is 19.3. The first-order valence-electron chi connectivity index (χ1n) is 10.7. The number of amides is 1. The van der Waals surface area contributed by atoms with E-state index >= 15 is 0 Å². The fourth-order valence-electron chi connectivity index (χ4n) is 4.00. The monoisotopic (exact) mass is 419 g/mol. The minimum absolute atomic E-state index is 0.0777. The van der Waals surface area contributed by atoms with Gasteiger partial charge in [-0.05, 0) is 64.8 Å². The van der Waals surface area contributed by atoms with E-state index in [4.69, 9.17) is 14.7 Å². The summed E-state index contributed by atoms with van der Waals surface area (Å²) in [5.41, 5.74) is 1.36. The molecule has 3 aromatic rings. The molecule has 2 unspecified atom stereocenters. The van der Waals surface area contributed by atoms with Crippen LogP contribution in [0.4, 0.5) is 10.6 Å². The molecule has 0 aliphatic carbocycles. The summed E-state index contributed by atoms with van der Waals surface area (Å²) in [6.45, 7) is 8.58. The molecule has 0 radical (unpaired) electrons. The van der Waals surface area contributed by atoms with E-state index in [0.29, 0.717) is 5.82 Å². The number of piperidine rings is 1. The van der Waals surface area contributed by atoms with Crippen LogP contribution in [0.2, 0.25) is 0 Å². The maximum Gasteiger partial charge on any atom is 0.407 e. The molecule has 2 atom stereocenters. The van der Waals surface area contributed by atoms with Gasteiger partial charge in [0, 0.05) is 42.0 Å². The summed E-state index contributed by atoms with van der Waals surface area (Å²) in [5, 5.41) is 4.06. The Bertz CT molecular complexity index is 1060. The molecule has 162 valence electrons. The maximum absolute atomic E-state index is 12.2. The molecule has 1 amide bonds. The van der Waals surface area contributed by atoms with Gasteiger partial charge in [0.2, 0.25) is 0 Å². The molecular weight excluding hydrogens is 390 g/mol. The molecule has 1 aliphatic heterocycles. The van der Waals surface area contributed by atoms with E-state index < -0.39 is 5.60 Å². The van der Waals surface area contributed by atoms with Crippen molar-refractivity contribution in [2.24, 2.45) is 0 Å². The van der Waals surface area contributed by atoms with E-state index in [0.717, 1.165) is 41.7 Å². The van der Waals surface area contributed by atoms with Crippen LogP contribution < -0.4 is 10.2 Å². The van der Waals surface area contributed by atoms with E-state index in [1.807, 2.05) is 51.1 Å². The molecule has 1 saturated heterocycles. The quantitative estimate of drug-likeness (QED) is 0.670. The van der Waals surface area contributed by atoms with Gasteiger partial charge in [0.15, 0.2) is 5.82 Å². The number of aromatic nitrogens is 3. The molecule has 3 heterocycles. The summed E-state index contributed by atoms with van der Waals surface area (Å²) < 4.78 is 5.42.